The number of hydrogen-bond donors (Lipinski definition) is 0. The quantitative estimate of drug-likeness (QED) is 0.642. The summed E-state index contributed by atoms with van der Waals surface area (Å²) in [5.74, 6) is -0.702. The van der Waals surface area contributed by atoms with Crippen molar-refractivity contribution in [3.63, 3.8) is 0 Å². The number of aromatic nitrogens is 3. The molecule has 6 heteroatoms. The van der Waals surface area contributed by atoms with Crippen LogP contribution in [0.3, 0.4) is 0 Å². The number of fused-ring (bicyclic) bond motifs is 1. The topological polar surface area (TPSA) is 30.7 Å². The number of nitrogens with zero attached hydrogens (tertiary/aromatic N) is 3. The van der Waals surface area contributed by atoms with Crippen molar-refractivity contribution in [1.82, 2.24) is 14.8 Å². The molecule has 0 atom stereocenters. The van der Waals surface area contributed by atoms with Crippen LogP contribution in [0.25, 0.3) is 22.2 Å². The maximum atomic E-state index is 13.7. The van der Waals surface area contributed by atoms with E-state index in [0.29, 0.717) is 11.4 Å². The monoisotopic (exact) mass is 331 g/mol. The fourth-order valence-corrected chi connectivity index (χ4v) is 3.49. The minimum Gasteiger partial charge on any atom is -0.337 e. The second kappa shape index (κ2) is 5.60. The molecule has 1 aliphatic carbocycles. The van der Waals surface area contributed by atoms with Gasteiger partial charge in [-0.05, 0) is 36.8 Å². The lowest BCUT2D eigenvalue weighted by molar-refractivity contribution is 0.510. The third kappa shape index (κ3) is 2.61. The first-order valence-corrected chi connectivity index (χ1v) is 8.62. The molecule has 1 fully saturated rings. The minimum atomic E-state index is -0.813. The first kappa shape index (κ1) is 14.6. The van der Waals surface area contributed by atoms with E-state index in [2.05, 4.69) is 21.7 Å². The van der Waals surface area contributed by atoms with Gasteiger partial charge in [0.05, 0.1) is 17.4 Å². The summed E-state index contributed by atoms with van der Waals surface area (Å²) in [7, 11) is 0. The predicted molar refractivity (Wildman–Crippen MR) is 87.5 cm³/mol. The molecule has 0 spiro atoms. The zero-order valence-corrected chi connectivity index (χ0v) is 13.4. The summed E-state index contributed by atoms with van der Waals surface area (Å²) in [6.07, 6.45) is 3.83. The summed E-state index contributed by atoms with van der Waals surface area (Å²) in [6.45, 7) is 2.06. The van der Waals surface area contributed by atoms with Gasteiger partial charge in [0, 0.05) is 23.1 Å². The van der Waals surface area contributed by atoms with Crippen LogP contribution in [0.5, 0.6) is 0 Å². The van der Waals surface area contributed by atoms with Gasteiger partial charge in [-0.2, -0.15) is 5.10 Å². The average molecular weight is 331 g/mol. The average Bonchev–Trinajstić information content (AvgIpc) is 3.31. The molecule has 0 radical (unpaired) electrons. The molecule has 1 aliphatic rings. The fraction of sp³-hybridized carbons (Fsp3) is 0.294. The van der Waals surface area contributed by atoms with Gasteiger partial charge in [0.1, 0.15) is 5.03 Å². The molecule has 1 saturated carbocycles. The lowest BCUT2D eigenvalue weighted by Gasteiger charge is -2.10. The summed E-state index contributed by atoms with van der Waals surface area (Å²) in [5.41, 5.74) is 2.61. The largest absolute Gasteiger partial charge is 0.337 e. The van der Waals surface area contributed by atoms with E-state index in [0.717, 1.165) is 40.4 Å². The van der Waals surface area contributed by atoms with Crippen LogP contribution in [0.4, 0.5) is 8.78 Å². The Bertz CT molecular complexity index is 887. The maximum absolute atomic E-state index is 13.7. The normalized spacial score (nSPS) is 14.6. The van der Waals surface area contributed by atoms with Crippen LogP contribution < -0.4 is 0 Å². The molecule has 0 amide bonds. The van der Waals surface area contributed by atoms with Crippen molar-refractivity contribution in [2.45, 2.75) is 30.8 Å². The SMILES string of the molecule is CCSc1cc(-c2cc3cc(F)c(F)cc3n2C2CC2)cnn1. The number of halogens is 2. The molecular formula is C17H15F2N3S. The fourth-order valence-electron chi connectivity index (χ4n) is 2.88. The lowest BCUT2D eigenvalue weighted by Crippen LogP contribution is -1.98. The Balaban J connectivity index is 1.92. The molecule has 4 rings (SSSR count). The minimum absolute atomic E-state index is 0.350. The smallest absolute Gasteiger partial charge is 0.160 e. The van der Waals surface area contributed by atoms with Crippen molar-refractivity contribution in [3.05, 3.63) is 42.1 Å². The zero-order valence-electron chi connectivity index (χ0n) is 12.6. The molecule has 3 aromatic rings. The number of benzene rings is 1. The van der Waals surface area contributed by atoms with Gasteiger partial charge in [-0.3, -0.25) is 0 Å². The van der Waals surface area contributed by atoms with Crippen LogP contribution >= 0.6 is 11.8 Å². The lowest BCUT2D eigenvalue weighted by atomic mass is 10.2. The van der Waals surface area contributed by atoms with Gasteiger partial charge >= 0.3 is 0 Å². The van der Waals surface area contributed by atoms with E-state index in [-0.39, 0.29) is 0 Å². The second-order valence-corrected chi connectivity index (χ2v) is 6.96. The molecule has 23 heavy (non-hydrogen) atoms. The third-order valence-corrected chi connectivity index (χ3v) is 4.80. The molecule has 2 heterocycles. The van der Waals surface area contributed by atoms with E-state index in [4.69, 9.17) is 0 Å². The highest BCUT2D eigenvalue weighted by Gasteiger charge is 2.28. The molecule has 0 aliphatic heterocycles. The van der Waals surface area contributed by atoms with E-state index < -0.39 is 11.6 Å². The van der Waals surface area contributed by atoms with E-state index in [1.807, 2.05) is 12.1 Å². The predicted octanol–water partition coefficient (Wildman–Crippen LogP) is 4.82. The molecular weight excluding hydrogens is 316 g/mol. The van der Waals surface area contributed by atoms with E-state index in [9.17, 15) is 8.78 Å². The number of thioether (sulfide) groups is 1. The van der Waals surface area contributed by atoms with Crippen molar-refractivity contribution in [2.24, 2.45) is 0 Å². The van der Waals surface area contributed by atoms with Gasteiger partial charge in [0.2, 0.25) is 0 Å². The molecule has 3 nitrogen and oxygen atoms in total. The van der Waals surface area contributed by atoms with E-state index in [1.165, 1.54) is 12.1 Å². The van der Waals surface area contributed by atoms with Crippen molar-refractivity contribution >= 4 is 22.7 Å². The molecule has 0 bridgehead atoms. The zero-order chi connectivity index (χ0) is 16.0. The Kier molecular flexibility index (Phi) is 3.56. The Morgan fingerprint density at radius 2 is 1.96 bits per heavy atom. The van der Waals surface area contributed by atoms with Crippen molar-refractivity contribution < 1.29 is 8.78 Å². The van der Waals surface area contributed by atoms with Gasteiger partial charge in [-0.15, -0.1) is 16.9 Å². The van der Waals surface area contributed by atoms with Crippen LogP contribution in [0, 0.1) is 11.6 Å². The van der Waals surface area contributed by atoms with Gasteiger partial charge in [-0.1, -0.05) is 6.92 Å². The molecule has 1 aromatic carbocycles. The highest BCUT2D eigenvalue weighted by molar-refractivity contribution is 7.99. The Morgan fingerprint density at radius 3 is 2.70 bits per heavy atom. The Morgan fingerprint density at radius 1 is 1.17 bits per heavy atom. The number of hydrogen-bond acceptors (Lipinski definition) is 3. The van der Waals surface area contributed by atoms with E-state index >= 15 is 0 Å². The first-order chi connectivity index (χ1) is 11.2. The molecule has 0 N–H and O–H groups in total. The highest BCUT2D eigenvalue weighted by atomic mass is 32.2. The highest BCUT2D eigenvalue weighted by Crippen LogP contribution is 2.43. The molecule has 0 unspecified atom stereocenters. The second-order valence-electron chi connectivity index (χ2n) is 5.67. The van der Waals surface area contributed by atoms with Crippen LogP contribution in [0.1, 0.15) is 25.8 Å². The van der Waals surface area contributed by atoms with Gasteiger partial charge in [0.15, 0.2) is 11.6 Å². The molecule has 0 saturated heterocycles. The number of rotatable bonds is 4. The summed E-state index contributed by atoms with van der Waals surface area (Å²) in [5, 5.41) is 9.76. The maximum Gasteiger partial charge on any atom is 0.160 e. The summed E-state index contributed by atoms with van der Waals surface area (Å²) in [4.78, 5) is 0. The van der Waals surface area contributed by atoms with Crippen LogP contribution in [-0.2, 0) is 0 Å². The Hall–Kier alpha value is -1.95. The standard InChI is InChI=1S/C17H15F2N3S/c1-2-23-17-7-11(9-20-21-17)15-6-10-5-13(18)14(19)8-16(10)22(15)12-3-4-12/h5-9,12H,2-4H2,1H3. The Labute approximate surface area is 136 Å². The summed E-state index contributed by atoms with van der Waals surface area (Å²) in [6, 6.07) is 6.81. The van der Waals surface area contributed by atoms with Gasteiger partial charge in [-0.25, -0.2) is 8.78 Å². The van der Waals surface area contributed by atoms with Crippen molar-refractivity contribution in [1.29, 1.82) is 0 Å². The van der Waals surface area contributed by atoms with Crippen LogP contribution in [0.15, 0.2) is 35.5 Å². The third-order valence-electron chi connectivity index (χ3n) is 4.01. The van der Waals surface area contributed by atoms with E-state index in [1.54, 1.807) is 18.0 Å². The van der Waals surface area contributed by atoms with Gasteiger partial charge in [0.25, 0.3) is 0 Å². The molecule has 2 aromatic heterocycles. The molecule has 118 valence electrons. The van der Waals surface area contributed by atoms with Crippen molar-refractivity contribution in [2.75, 3.05) is 5.75 Å². The van der Waals surface area contributed by atoms with Crippen LogP contribution in [0.2, 0.25) is 0 Å². The van der Waals surface area contributed by atoms with Gasteiger partial charge < -0.3 is 4.57 Å². The summed E-state index contributed by atoms with van der Waals surface area (Å²) < 4.78 is 29.3. The van der Waals surface area contributed by atoms with Crippen molar-refractivity contribution in [3.8, 4) is 11.3 Å². The van der Waals surface area contributed by atoms with Crippen LogP contribution in [-0.4, -0.2) is 20.5 Å². The summed E-state index contributed by atoms with van der Waals surface area (Å²) >= 11 is 1.62. The first-order valence-electron chi connectivity index (χ1n) is 7.63.